The summed E-state index contributed by atoms with van der Waals surface area (Å²) in [5, 5.41) is 8.94. The highest BCUT2D eigenvalue weighted by Crippen LogP contribution is 2.43. The molecule has 0 amide bonds. The lowest BCUT2D eigenvalue weighted by Gasteiger charge is -2.20. The van der Waals surface area contributed by atoms with Crippen molar-refractivity contribution in [2.45, 2.75) is 296 Å². The average Bonchev–Trinajstić information content (AvgIpc) is 3.32. The van der Waals surface area contributed by atoms with Gasteiger partial charge < -0.3 is 25.2 Å². The third-order valence-corrected chi connectivity index (χ3v) is 13.6. The largest absolute Gasteiger partial charge is 0.480 e. The monoisotopic (exact) mass is 984 g/mol. The van der Waals surface area contributed by atoms with Crippen molar-refractivity contribution in [1.29, 1.82) is 0 Å². The first kappa shape index (κ1) is 66.0. The fourth-order valence-corrected chi connectivity index (χ4v) is 9.02. The van der Waals surface area contributed by atoms with E-state index < -0.39 is 51.1 Å². The number of esters is 2. The van der Waals surface area contributed by atoms with Gasteiger partial charge >= 0.3 is 25.7 Å². The van der Waals surface area contributed by atoms with Crippen LogP contribution < -0.4 is 5.73 Å². The number of hydrogen-bond acceptors (Lipinski definition) is 9. The lowest BCUT2D eigenvalue weighted by atomic mass is 10.0. The number of nitrogens with two attached hydrogens (primary N) is 1. The fraction of sp³-hybridized carbons (Fsp3) is 0.875. The maximum atomic E-state index is 12.7. The zero-order chi connectivity index (χ0) is 49.9. The number of rotatable bonds is 54. The van der Waals surface area contributed by atoms with Gasteiger partial charge in [0.2, 0.25) is 0 Å². The van der Waals surface area contributed by atoms with Crippen molar-refractivity contribution in [3.05, 3.63) is 24.3 Å². The normalized spacial score (nSPS) is 13.6. The van der Waals surface area contributed by atoms with E-state index in [1.807, 2.05) is 0 Å². The van der Waals surface area contributed by atoms with Crippen molar-refractivity contribution < 1.29 is 47.5 Å². The molecule has 0 fully saturated rings. The van der Waals surface area contributed by atoms with Crippen molar-refractivity contribution in [3.8, 4) is 0 Å². The Balaban J connectivity index is 4.18. The van der Waals surface area contributed by atoms with Crippen molar-refractivity contribution >= 4 is 25.7 Å². The maximum Gasteiger partial charge on any atom is 0.472 e. The standard InChI is InChI=1S/C56H106NO10P/c1-3-5-7-9-11-13-15-17-19-21-23-25-26-28-30-32-34-36-38-40-42-44-46-48-55(59)67-52(50-65-68(62,63)66-51-53(57)56(60)61)49-64-54(58)47-45-43-41-39-37-35-33-31-29-27-24-22-20-18-16-14-12-10-8-6-4-2/h18,20,40,42,52-53H,3-17,19,21-39,41,43-51,57H2,1-2H3,(H,60,61)(H,62,63)/b20-18+,42-40+/t52-,53+/m1/s1. The van der Waals surface area contributed by atoms with Gasteiger partial charge in [-0.3, -0.25) is 23.4 Å². The van der Waals surface area contributed by atoms with Gasteiger partial charge in [-0.05, 0) is 57.8 Å². The SMILES string of the molecule is CCCCCCCC/C=C/CCCCCCCCCCCCCC(=O)OC[C@H](COP(=O)(O)OC[C@H](N)C(=O)O)OC(=O)CCC/C=C/CCCCCCCCCCCCCCCCCCCC. The summed E-state index contributed by atoms with van der Waals surface area (Å²) in [5.41, 5.74) is 5.36. The second-order valence-corrected chi connectivity index (χ2v) is 20.9. The summed E-state index contributed by atoms with van der Waals surface area (Å²) in [6, 6.07) is -1.52. The molecule has 68 heavy (non-hydrogen) atoms. The molecule has 0 bridgehead atoms. The number of allylic oxidation sites excluding steroid dienone is 4. The summed E-state index contributed by atoms with van der Waals surface area (Å²) in [5.74, 6) is -2.40. The summed E-state index contributed by atoms with van der Waals surface area (Å²) in [6.07, 6.45) is 58.3. The Morgan fingerprint density at radius 2 is 0.750 bits per heavy atom. The van der Waals surface area contributed by atoms with E-state index in [0.29, 0.717) is 19.3 Å². The summed E-state index contributed by atoms with van der Waals surface area (Å²) >= 11 is 0. The first-order valence-corrected chi connectivity index (χ1v) is 29.9. The molecule has 0 rings (SSSR count). The Morgan fingerprint density at radius 1 is 0.441 bits per heavy atom. The number of hydrogen-bond donors (Lipinski definition) is 3. The molecule has 0 heterocycles. The molecule has 11 nitrogen and oxygen atoms in total. The summed E-state index contributed by atoms with van der Waals surface area (Å²) < 4.78 is 32.9. The van der Waals surface area contributed by atoms with Crippen LogP contribution in [0, 0.1) is 0 Å². The molecule has 12 heteroatoms. The van der Waals surface area contributed by atoms with Gasteiger partial charge in [-0.1, -0.05) is 237 Å². The summed E-state index contributed by atoms with van der Waals surface area (Å²) in [7, 11) is -4.73. The van der Waals surface area contributed by atoms with Crippen LogP contribution >= 0.6 is 7.82 Å². The van der Waals surface area contributed by atoms with Gasteiger partial charge in [-0.25, -0.2) is 4.57 Å². The van der Waals surface area contributed by atoms with Gasteiger partial charge in [0.1, 0.15) is 12.6 Å². The molecule has 0 aromatic rings. The molecule has 0 radical (unpaired) electrons. The quantitative estimate of drug-likeness (QED) is 0.0229. The highest BCUT2D eigenvalue weighted by Gasteiger charge is 2.28. The molecule has 4 N–H and O–H groups in total. The van der Waals surface area contributed by atoms with Crippen LogP contribution in [0.4, 0.5) is 0 Å². The minimum absolute atomic E-state index is 0.117. The number of aliphatic carboxylic acids is 1. The lowest BCUT2D eigenvalue weighted by Crippen LogP contribution is -2.34. The molecular formula is C56H106NO10P. The van der Waals surface area contributed by atoms with E-state index in [0.717, 1.165) is 32.1 Å². The molecule has 0 spiro atoms. The van der Waals surface area contributed by atoms with Gasteiger partial charge in [0, 0.05) is 12.8 Å². The first-order valence-electron chi connectivity index (χ1n) is 28.4. The van der Waals surface area contributed by atoms with Gasteiger partial charge in [-0.15, -0.1) is 0 Å². The highest BCUT2D eigenvalue weighted by molar-refractivity contribution is 7.47. The Morgan fingerprint density at radius 3 is 1.12 bits per heavy atom. The molecule has 3 atom stereocenters. The zero-order valence-electron chi connectivity index (χ0n) is 44.0. The smallest absolute Gasteiger partial charge is 0.472 e. The number of phosphoric acid groups is 1. The van der Waals surface area contributed by atoms with Gasteiger partial charge in [0.05, 0.1) is 13.2 Å². The maximum absolute atomic E-state index is 12.7. The number of carboxylic acid groups (broad SMARTS) is 1. The van der Waals surface area contributed by atoms with Crippen LogP contribution in [0.1, 0.15) is 284 Å². The molecule has 400 valence electrons. The molecule has 0 aliphatic rings. The summed E-state index contributed by atoms with van der Waals surface area (Å²) in [4.78, 5) is 46.3. The molecule has 0 aromatic heterocycles. The van der Waals surface area contributed by atoms with Crippen LogP contribution in [0.5, 0.6) is 0 Å². The second kappa shape index (κ2) is 51.3. The Hall–Kier alpha value is -2.04. The molecule has 1 unspecified atom stereocenters. The molecule has 0 saturated carbocycles. The van der Waals surface area contributed by atoms with E-state index in [2.05, 4.69) is 38.2 Å². The van der Waals surface area contributed by atoms with Crippen molar-refractivity contribution in [2.24, 2.45) is 5.73 Å². The molecule has 0 aromatic carbocycles. The summed E-state index contributed by atoms with van der Waals surface area (Å²) in [6.45, 7) is 2.84. The second-order valence-electron chi connectivity index (χ2n) is 19.4. The number of phosphoric ester groups is 1. The Kier molecular flexibility index (Phi) is 49.8. The third kappa shape index (κ3) is 50.4. The van der Waals surface area contributed by atoms with Crippen molar-refractivity contribution in [2.75, 3.05) is 19.8 Å². The third-order valence-electron chi connectivity index (χ3n) is 12.7. The first-order chi connectivity index (χ1) is 33.1. The predicted molar refractivity (Wildman–Crippen MR) is 282 cm³/mol. The van der Waals surface area contributed by atoms with Gasteiger partial charge in [-0.2, -0.15) is 0 Å². The van der Waals surface area contributed by atoms with Gasteiger partial charge in [0.15, 0.2) is 6.10 Å². The Labute approximate surface area is 417 Å². The number of carbonyl (C=O) groups excluding carboxylic acids is 2. The van der Waals surface area contributed by atoms with Crippen LogP contribution in [-0.4, -0.2) is 59.9 Å². The minimum atomic E-state index is -4.73. The predicted octanol–water partition coefficient (Wildman–Crippen LogP) is 16.5. The van der Waals surface area contributed by atoms with E-state index in [1.165, 1.54) is 205 Å². The fourth-order valence-electron chi connectivity index (χ4n) is 8.24. The lowest BCUT2D eigenvalue weighted by molar-refractivity contribution is -0.161. The van der Waals surface area contributed by atoms with E-state index in [4.69, 9.17) is 29.4 Å². The minimum Gasteiger partial charge on any atom is -0.480 e. The van der Waals surface area contributed by atoms with Crippen molar-refractivity contribution in [3.63, 3.8) is 0 Å². The van der Waals surface area contributed by atoms with Crippen LogP contribution in [0.2, 0.25) is 0 Å². The number of carbonyl (C=O) groups is 3. The van der Waals surface area contributed by atoms with Crippen LogP contribution in [-0.2, 0) is 37.5 Å². The molecule has 0 aliphatic carbocycles. The molecule has 0 saturated heterocycles. The van der Waals surface area contributed by atoms with E-state index in [9.17, 15) is 23.8 Å². The van der Waals surface area contributed by atoms with Crippen LogP contribution in [0.25, 0.3) is 0 Å². The van der Waals surface area contributed by atoms with E-state index in [-0.39, 0.29) is 19.4 Å². The number of carboxylic acids is 1. The number of unbranched alkanes of at least 4 members (excludes halogenated alkanes) is 36. The molecular weight excluding hydrogens is 878 g/mol. The topological polar surface area (TPSA) is 172 Å². The van der Waals surface area contributed by atoms with E-state index in [1.54, 1.807) is 0 Å². The zero-order valence-corrected chi connectivity index (χ0v) is 44.9. The average molecular weight is 984 g/mol. The van der Waals surface area contributed by atoms with Crippen molar-refractivity contribution in [1.82, 2.24) is 0 Å². The van der Waals surface area contributed by atoms with Gasteiger partial charge in [0.25, 0.3) is 0 Å². The number of ether oxygens (including phenoxy) is 2. The molecule has 0 aliphatic heterocycles. The highest BCUT2D eigenvalue weighted by atomic mass is 31.2. The van der Waals surface area contributed by atoms with Crippen LogP contribution in [0.15, 0.2) is 24.3 Å². The van der Waals surface area contributed by atoms with E-state index >= 15 is 0 Å². The Bertz CT molecular complexity index is 1250. The van der Waals surface area contributed by atoms with Crippen LogP contribution in [0.3, 0.4) is 0 Å².